The average molecular weight is 266 g/mol. The SMILES string of the molecule is O=S(=O)(CCCl)NCCc1ccccc1F. The molecule has 3 nitrogen and oxygen atoms in total. The maximum atomic E-state index is 13.2. The van der Waals surface area contributed by atoms with Crippen molar-refractivity contribution in [1.29, 1.82) is 0 Å². The van der Waals surface area contributed by atoms with E-state index in [4.69, 9.17) is 11.6 Å². The zero-order valence-electron chi connectivity index (χ0n) is 8.62. The fourth-order valence-corrected chi connectivity index (χ4v) is 2.59. The summed E-state index contributed by atoms with van der Waals surface area (Å²) in [4.78, 5) is 0. The second-order valence-corrected chi connectivity index (χ2v) is 5.55. The summed E-state index contributed by atoms with van der Waals surface area (Å²) in [6, 6.07) is 6.29. The lowest BCUT2D eigenvalue weighted by Gasteiger charge is -2.05. The van der Waals surface area contributed by atoms with Crippen molar-refractivity contribution < 1.29 is 12.8 Å². The molecule has 16 heavy (non-hydrogen) atoms. The van der Waals surface area contributed by atoms with Crippen LogP contribution in [0, 0.1) is 5.82 Å². The van der Waals surface area contributed by atoms with Gasteiger partial charge in [0.15, 0.2) is 0 Å². The van der Waals surface area contributed by atoms with Crippen molar-refractivity contribution in [3.8, 4) is 0 Å². The first kappa shape index (κ1) is 13.4. The smallest absolute Gasteiger partial charge is 0.212 e. The third-order valence-corrected chi connectivity index (χ3v) is 3.82. The predicted octanol–water partition coefficient (Wildman–Crippen LogP) is 1.53. The molecule has 0 aliphatic carbocycles. The summed E-state index contributed by atoms with van der Waals surface area (Å²) in [6.07, 6.45) is 0.328. The Morgan fingerprint density at radius 1 is 1.31 bits per heavy atom. The second kappa shape index (κ2) is 6.18. The number of halogens is 2. The van der Waals surface area contributed by atoms with E-state index in [0.29, 0.717) is 12.0 Å². The lowest BCUT2D eigenvalue weighted by atomic mass is 10.1. The van der Waals surface area contributed by atoms with Crippen molar-refractivity contribution in [2.75, 3.05) is 18.2 Å². The lowest BCUT2D eigenvalue weighted by Crippen LogP contribution is -2.29. The fourth-order valence-electron chi connectivity index (χ4n) is 1.22. The molecule has 1 aromatic carbocycles. The van der Waals surface area contributed by atoms with Crippen molar-refractivity contribution in [3.05, 3.63) is 35.6 Å². The van der Waals surface area contributed by atoms with Crippen LogP contribution >= 0.6 is 11.6 Å². The summed E-state index contributed by atoms with van der Waals surface area (Å²) in [5.74, 6) is -0.389. The van der Waals surface area contributed by atoms with E-state index in [0.717, 1.165) is 0 Å². The van der Waals surface area contributed by atoms with E-state index in [2.05, 4.69) is 4.72 Å². The topological polar surface area (TPSA) is 46.2 Å². The molecule has 0 spiro atoms. The number of hydrogen-bond donors (Lipinski definition) is 1. The minimum atomic E-state index is -3.32. The summed E-state index contributed by atoms with van der Waals surface area (Å²) in [7, 11) is -3.32. The Balaban J connectivity index is 2.45. The minimum Gasteiger partial charge on any atom is -0.215 e. The van der Waals surface area contributed by atoms with Gasteiger partial charge >= 0.3 is 0 Å². The Morgan fingerprint density at radius 2 is 2.00 bits per heavy atom. The molecule has 1 aromatic rings. The number of hydrogen-bond acceptors (Lipinski definition) is 2. The van der Waals surface area contributed by atoms with Crippen LogP contribution in [0.2, 0.25) is 0 Å². The van der Waals surface area contributed by atoms with Gasteiger partial charge in [-0.15, -0.1) is 11.6 Å². The van der Waals surface area contributed by atoms with Crippen LogP contribution in [0.1, 0.15) is 5.56 Å². The Morgan fingerprint density at radius 3 is 2.62 bits per heavy atom. The zero-order valence-corrected chi connectivity index (χ0v) is 10.2. The third kappa shape index (κ3) is 4.47. The molecule has 0 aromatic heterocycles. The summed E-state index contributed by atoms with van der Waals surface area (Å²) in [6.45, 7) is 0.181. The van der Waals surface area contributed by atoms with Crippen LogP contribution in [0.5, 0.6) is 0 Å². The van der Waals surface area contributed by atoms with Crippen LogP contribution in [0.3, 0.4) is 0 Å². The normalized spacial score (nSPS) is 11.6. The van der Waals surface area contributed by atoms with E-state index in [1.165, 1.54) is 6.07 Å². The average Bonchev–Trinajstić information content (AvgIpc) is 2.20. The zero-order chi connectivity index (χ0) is 12.0. The van der Waals surface area contributed by atoms with Gasteiger partial charge in [-0.2, -0.15) is 0 Å². The number of sulfonamides is 1. The molecule has 0 atom stereocenters. The molecule has 90 valence electrons. The molecular formula is C10H13ClFNO2S. The van der Waals surface area contributed by atoms with E-state index in [-0.39, 0.29) is 24.0 Å². The molecule has 0 amide bonds. The standard InChI is InChI=1S/C10H13ClFNO2S/c11-6-8-16(14,15)13-7-5-9-3-1-2-4-10(9)12/h1-4,13H,5-8H2. The van der Waals surface area contributed by atoms with Gasteiger partial charge in [-0.25, -0.2) is 17.5 Å². The number of benzene rings is 1. The van der Waals surface area contributed by atoms with Gasteiger partial charge in [0, 0.05) is 12.4 Å². The van der Waals surface area contributed by atoms with Crippen molar-refractivity contribution in [2.45, 2.75) is 6.42 Å². The van der Waals surface area contributed by atoms with Crippen LogP contribution in [0.25, 0.3) is 0 Å². The maximum Gasteiger partial charge on any atom is 0.212 e. The highest BCUT2D eigenvalue weighted by Gasteiger charge is 2.08. The van der Waals surface area contributed by atoms with Gasteiger partial charge in [0.1, 0.15) is 5.82 Å². The van der Waals surface area contributed by atoms with Crippen LogP contribution < -0.4 is 4.72 Å². The van der Waals surface area contributed by atoms with Crippen molar-refractivity contribution >= 4 is 21.6 Å². The highest BCUT2D eigenvalue weighted by Crippen LogP contribution is 2.06. The summed E-state index contributed by atoms with van der Waals surface area (Å²) < 4.78 is 37.9. The van der Waals surface area contributed by atoms with Gasteiger partial charge in [0.25, 0.3) is 0 Å². The summed E-state index contributed by atoms with van der Waals surface area (Å²) in [5, 5.41) is 0. The van der Waals surface area contributed by atoms with Crippen molar-refractivity contribution in [3.63, 3.8) is 0 Å². The second-order valence-electron chi connectivity index (χ2n) is 3.24. The molecule has 0 aliphatic rings. The van der Waals surface area contributed by atoms with E-state index in [1.54, 1.807) is 18.2 Å². The minimum absolute atomic E-state index is 0.0506. The quantitative estimate of drug-likeness (QED) is 0.793. The predicted molar refractivity (Wildman–Crippen MR) is 62.6 cm³/mol. The number of rotatable bonds is 6. The number of alkyl halides is 1. The molecule has 0 aliphatic heterocycles. The van der Waals surface area contributed by atoms with Gasteiger partial charge in [0.2, 0.25) is 10.0 Å². The monoisotopic (exact) mass is 265 g/mol. The van der Waals surface area contributed by atoms with Crippen molar-refractivity contribution in [1.82, 2.24) is 4.72 Å². The summed E-state index contributed by atoms with van der Waals surface area (Å²) >= 11 is 5.33. The maximum absolute atomic E-state index is 13.2. The molecule has 0 radical (unpaired) electrons. The van der Waals surface area contributed by atoms with Gasteiger partial charge in [-0.1, -0.05) is 18.2 Å². The highest BCUT2D eigenvalue weighted by atomic mass is 35.5. The van der Waals surface area contributed by atoms with Gasteiger partial charge in [-0.3, -0.25) is 0 Å². The Bertz CT molecular complexity index is 436. The van der Waals surface area contributed by atoms with Crippen LogP contribution in [0.4, 0.5) is 4.39 Å². The molecule has 0 fully saturated rings. The van der Waals surface area contributed by atoms with Gasteiger partial charge in [-0.05, 0) is 18.1 Å². The van der Waals surface area contributed by atoms with E-state index >= 15 is 0 Å². The molecule has 6 heteroatoms. The van der Waals surface area contributed by atoms with E-state index in [1.807, 2.05) is 0 Å². The molecule has 0 saturated heterocycles. The molecule has 0 heterocycles. The summed E-state index contributed by atoms with van der Waals surface area (Å²) in [5.41, 5.74) is 0.496. The van der Waals surface area contributed by atoms with Crippen LogP contribution in [-0.2, 0) is 16.4 Å². The van der Waals surface area contributed by atoms with Crippen molar-refractivity contribution in [2.24, 2.45) is 0 Å². The number of nitrogens with one attached hydrogen (secondary N) is 1. The first-order valence-electron chi connectivity index (χ1n) is 4.82. The molecule has 0 bridgehead atoms. The third-order valence-electron chi connectivity index (χ3n) is 2.02. The van der Waals surface area contributed by atoms with E-state index in [9.17, 15) is 12.8 Å². The van der Waals surface area contributed by atoms with Gasteiger partial charge < -0.3 is 0 Å². The highest BCUT2D eigenvalue weighted by molar-refractivity contribution is 7.89. The first-order chi connectivity index (χ1) is 7.55. The van der Waals surface area contributed by atoms with Crippen LogP contribution in [-0.4, -0.2) is 26.6 Å². The molecule has 0 unspecified atom stereocenters. The fraction of sp³-hybridized carbons (Fsp3) is 0.400. The largest absolute Gasteiger partial charge is 0.215 e. The Hall–Kier alpha value is -0.650. The molecule has 1 N–H and O–H groups in total. The lowest BCUT2D eigenvalue weighted by molar-refractivity contribution is 0.579. The van der Waals surface area contributed by atoms with Crippen LogP contribution in [0.15, 0.2) is 24.3 Å². The molecular weight excluding hydrogens is 253 g/mol. The molecule has 0 saturated carbocycles. The first-order valence-corrected chi connectivity index (χ1v) is 7.00. The van der Waals surface area contributed by atoms with Gasteiger partial charge in [0.05, 0.1) is 5.75 Å². The Labute approximate surface area is 99.7 Å². The Kier molecular flexibility index (Phi) is 5.18. The van der Waals surface area contributed by atoms with E-state index < -0.39 is 10.0 Å². The molecule has 1 rings (SSSR count).